The lowest BCUT2D eigenvalue weighted by atomic mass is 10.1. The number of hydrogen-bond donors (Lipinski definition) is 0. The van der Waals surface area contributed by atoms with Gasteiger partial charge >= 0.3 is 0 Å². The van der Waals surface area contributed by atoms with Gasteiger partial charge in [0, 0.05) is 18.7 Å². The Balaban J connectivity index is 1.60. The third-order valence-electron chi connectivity index (χ3n) is 4.59. The average molecular weight is 353 g/mol. The van der Waals surface area contributed by atoms with Crippen LogP contribution < -0.4 is 4.74 Å². The van der Waals surface area contributed by atoms with Crippen LogP contribution in [-0.2, 0) is 0 Å². The van der Waals surface area contributed by atoms with Crippen molar-refractivity contribution in [1.29, 1.82) is 0 Å². The number of carbonyl (C=O) groups is 1. The molecular weight excluding hydrogens is 334 g/mol. The summed E-state index contributed by atoms with van der Waals surface area (Å²) in [5.74, 6) is 1.70. The highest BCUT2D eigenvalue weighted by molar-refractivity contribution is 5.93. The molecule has 0 bridgehead atoms. The second-order valence-corrected chi connectivity index (χ2v) is 6.30. The van der Waals surface area contributed by atoms with E-state index in [1.807, 2.05) is 37.3 Å². The van der Waals surface area contributed by atoms with E-state index < -0.39 is 0 Å². The molecule has 0 saturated carbocycles. The molecule has 3 heterocycles. The topological polar surface area (TPSA) is 81.6 Å². The summed E-state index contributed by atoms with van der Waals surface area (Å²) in [5, 5.41) is 7.91. The number of ether oxygens (including phenoxy) is 1. The van der Waals surface area contributed by atoms with E-state index in [1.54, 1.807) is 18.1 Å². The van der Waals surface area contributed by atoms with Gasteiger partial charge in [0.1, 0.15) is 5.75 Å². The standard InChI is InChI=1S/C19H19N3O4/c1-12-10-18(26-20-12)15-7-5-9-22(15)19(23)14-11-17(25-21-14)13-6-3-4-8-16(13)24-2/h3-4,6,8,10-11,15H,5,7,9H2,1-2H3/t15-/m0/s1. The van der Waals surface area contributed by atoms with E-state index in [9.17, 15) is 4.79 Å². The Morgan fingerprint density at radius 2 is 2.08 bits per heavy atom. The predicted octanol–water partition coefficient (Wildman–Crippen LogP) is 3.62. The third kappa shape index (κ3) is 2.85. The molecule has 0 spiro atoms. The van der Waals surface area contributed by atoms with E-state index in [0.717, 1.165) is 24.1 Å². The fourth-order valence-corrected chi connectivity index (χ4v) is 3.34. The van der Waals surface area contributed by atoms with Crippen LogP contribution in [-0.4, -0.2) is 34.8 Å². The van der Waals surface area contributed by atoms with Gasteiger partial charge < -0.3 is 18.7 Å². The summed E-state index contributed by atoms with van der Waals surface area (Å²) in [6, 6.07) is 10.9. The molecule has 1 aromatic carbocycles. The molecule has 2 aromatic heterocycles. The lowest BCUT2D eigenvalue weighted by Gasteiger charge is -2.21. The van der Waals surface area contributed by atoms with Gasteiger partial charge in [-0.2, -0.15) is 0 Å². The van der Waals surface area contributed by atoms with Crippen LogP contribution in [0.3, 0.4) is 0 Å². The van der Waals surface area contributed by atoms with Gasteiger partial charge in [0.15, 0.2) is 17.2 Å². The molecule has 7 heteroatoms. The number of rotatable bonds is 4. The minimum absolute atomic E-state index is 0.116. The van der Waals surface area contributed by atoms with E-state index in [4.69, 9.17) is 13.8 Å². The smallest absolute Gasteiger partial charge is 0.276 e. The average Bonchev–Trinajstić information content (AvgIpc) is 3.41. The van der Waals surface area contributed by atoms with Gasteiger partial charge in [-0.05, 0) is 31.9 Å². The van der Waals surface area contributed by atoms with Gasteiger partial charge in [-0.15, -0.1) is 0 Å². The van der Waals surface area contributed by atoms with E-state index in [2.05, 4.69) is 10.3 Å². The summed E-state index contributed by atoms with van der Waals surface area (Å²) >= 11 is 0. The maximum Gasteiger partial charge on any atom is 0.276 e. The first-order chi connectivity index (χ1) is 12.7. The minimum Gasteiger partial charge on any atom is -0.496 e. The summed E-state index contributed by atoms with van der Waals surface area (Å²) in [6.07, 6.45) is 1.75. The van der Waals surface area contributed by atoms with Crippen LogP contribution in [0.25, 0.3) is 11.3 Å². The zero-order valence-electron chi connectivity index (χ0n) is 14.6. The fraction of sp³-hybridized carbons (Fsp3) is 0.316. The molecule has 1 amide bonds. The largest absolute Gasteiger partial charge is 0.496 e. The molecule has 0 unspecified atom stereocenters. The fourth-order valence-electron chi connectivity index (χ4n) is 3.34. The van der Waals surface area contributed by atoms with Gasteiger partial charge in [-0.25, -0.2) is 0 Å². The van der Waals surface area contributed by atoms with Crippen LogP contribution in [0.2, 0.25) is 0 Å². The Morgan fingerprint density at radius 1 is 1.23 bits per heavy atom. The Labute approximate surface area is 150 Å². The molecule has 1 atom stereocenters. The lowest BCUT2D eigenvalue weighted by Crippen LogP contribution is -2.30. The SMILES string of the molecule is COc1ccccc1-c1cc(C(=O)N2CCC[C@H]2c2cc(C)no2)no1. The number of aryl methyl sites for hydroxylation is 1. The molecule has 4 rings (SSSR count). The first-order valence-electron chi connectivity index (χ1n) is 8.51. The van der Waals surface area contributed by atoms with Crippen molar-refractivity contribution in [3.8, 4) is 17.1 Å². The number of benzene rings is 1. The minimum atomic E-state index is -0.175. The van der Waals surface area contributed by atoms with Crippen molar-refractivity contribution < 1.29 is 18.6 Å². The Bertz CT molecular complexity index is 930. The monoisotopic (exact) mass is 353 g/mol. The van der Waals surface area contributed by atoms with Gasteiger partial charge in [-0.1, -0.05) is 22.4 Å². The number of carbonyl (C=O) groups excluding carboxylic acids is 1. The highest BCUT2D eigenvalue weighted by Crippen LogP contribution is 2.35. The van der Waals surface area contributed by atoms with Crippen LogP contribution in [0.1, 0.15) is 40.8 Å². The summed E-state index contributed by atoms with van der Waals surface area (Å²) in [4.78, 5) is 14.7. The molecular formula is C19H19N3O4. The van der Waals surface area contributed by atoms with Crippen molar-refractivity contribution in [2.45, 2.75) is 25.8 Å². The zero-order chi connectivity index (χ0) is 18.1. The Kier molecular flexibility index (Phi) is 4.20. The lowest BCUT2D eigenvalue weighted by molar-refractivity contribution is 0.0704. The van der Waals surface area contributed by atoms with Gasteiger partial charge in [0.2, 0.25) is 0 Å². The summed E-state index contributed by atoms with van der Waals surface area (Å²) < 4.78 is 16.1. The van der Waals surface area contributed by atoms with Crippen molar-refractivity contribution in [3.05, 3.63) is 53.5 Å². The highest BCUT2D eigenvalue weighted by Gasteiger charge is 2.34. The zero-order valence-corrected chi connectivity index (χ0v) is 14.6. The Morgan fingerprint density at radius 3 is 2.85 bits per heavy atom. The molecule has 0 N–H and O–H groups in total. The summed E-state index contributed by atoms with van der Waals surface area (Å²) in [7, 11) is 1.59. The van der Waals surface area contributed by atoms with Crippen LogP contribution in [0, 0.1) is 6.92 Å². The summed E-state index contributed by atoms with van der Waals surface area (Å²) in [6.45, 7) is 2.52. The maximum atomic E-state index is 12.9. The number of para-hydroxylation sites is 1. The predicted molar refractivity (Wildman–Crippen MR) is 92.7 cm³/mol. The maximum absolute atomic E-state index is 12.9. The van der Waals surface area contributed by atoms with Crippen molar-refractivity contribution in [2.75, 3.05) is 13.7 Å². The number of amides is 1. The molecule has 7 nitrogen and oxygen atoms in total. The molecule has 1 aliphatic heterocycles. The molecule has 26 heavy (non-hydrogen) atoms. The van der Waals surface area contributed by atoms with Crippen LogP contribution in [0.5, 0.6) is 5.75 Å². The highest BCUT2D eigenvalue weighted by atomic mass is 16.5. The summed E-state index contributed by atoms with van der Waals surface area (Å²) in [5.41, 5.74) is 1.83. The van der Waals surface area contributed by atoms with Crippen LogP contribution >= 0.6 is 0 Å². The first-order valence-corrected chi connectivity index (χ1v) is 8.51. The first kappa shape index (κ1) is 16.4. The quantitative estimate of drug-likeness (QED) is 0.712. The van der Waals surface area contributed by atoms with E-state index in [1.165, 1.54) is 0 Å². The molecule has 0 radical (unpaired) electrons. The number of likely N-dealkylation sites (tertiary alicyclic amines) is 1. The molecule has 0 aliphatic carbocycles. The number of nitrogens with zero attached hydrogens (tertiary/aromatic N) is 3. The van der Waals surface area contributed by atoms with Crippen molar-refractivity contribution in [1.82, 2.24) is 15.2 Å². The Hall–Kier alpha value is -3.09. The normalized spacial score (nSPS) is 16.8. The third-order valence-corrected chi connectivity index (χ3v) is 4.59. The van der Waals surface area contributed by atoms with Crippen molar-refractivity contribution >= 4 is 5.91 Å². The van der Waals surface area contributed by atoms with Crippen LogP contribution in [0.4, 0.5) is 0 Å². The van der Waals surface area contributed by atoms with Crippen LogP contribution in [0.15, 0.2) is 45.4 Å². The molecule has 1 fully saturated rings. The second kappa shape index (κ2) is 6.67. The molecule has 134 valence electrons. The second-order valence-electron chi connectivity index (χ2n) is 6.30. The van der Waals surface area contributed by atoms with Crippen molar-refractivity contribution in [2.24, 2.45) is 0 Å². The van der Waals surface area contributed by atoms with E-state index >= 15 is 0 Å². The molecule has 1 saturated heterocycles. The van der Waals surface area contributed by atoms with Gasteiger partial charge in [-0.3, -0.25) is 4.79 Å². The number of aromatic nitrogens is 2. The van der Waals surface area contributed by atoms with Gasteiger partial charge in [0.25, 0.3) is 5.91 Å². The number of methoxy groups -OCH3 is 1. The van der Waals surface area contributed by atoms with Crippen molar-refractivity contribution in [3.63, 3.8) is 0 Å². The van der Waals surface area contributed by atoms with Gasteiger partial charge in [0.05, 0.1) is 24.4 Å². The van der Waals surface area contributed by atoms with E-state index in [0.29, 0.717) is 23.8 Å². The number of hydrogen-bond acceptors (Lipinski definition) is 6. The molecule has 3 aromatic rings. The molecule has 1 aliphatic rings. The van der Waals surface area contributed by atoms with E-state index in [-0.39, 0.29) is 17.6 Å².